The molecule has 7 nitrogen and oxygen atoms in total. The Balaban J connectivity index is 1.85. The van der Waals surface area contributed by atoms with Crippen LogP contribution in [0.4, 0.5) is 14.9 Å². The lowest BCUT2D eigenvalue weighted by Gasteiger charge is -2.08. The minimum absolute atomic E-state index is 0.119. The molecule has 4 N–H and O–H groups in total. The monoisotopic (exact) mass is 295 g/mol. The van der Waals surface area contributed by atoms with Gasteiger partial charge in [-0.3, -0.25) is 4.79 Å². The number of carboxylic acids is 1. The number of aromatic carboxylic acids is 1. The van der Waals surface area contributed by atoms with Crippen molar-refractivity contribution in [1.82, 2.24) is 10.6 Å². The summed E-state index contributed by atoms with van der Waals surface area (Å²) in [5.74, 6) is -2.62. The highest BCUT2D eigenvalue weighted by atomic mass is 19.1. The number of anilines is 1. The van der Waals surface area contributed by atoms with Crippen LogP contribution in [-0.2, 0) is 4.79 Å². The van der Waals surface area contributed by atoms with Crippen LogP contribution >= 0.6 is 0 Å². The Labute approximate surface area is 119 Å². The number of halogens is 1. The molecule has 8 heteroatoms. The van der Waals surface area contributed by atoms with Gasteiger partial charge in [-0.05, 0) is 31.0 Å². The van der Waals surface area contributed by atoms with Crippen molar-refractivity contribution >= 4 is 23.6 Å². The summed E-state index contributed by atoms with van der Waals surface area (Å²) in [6.07, 6.45) is 1.90. The predicted octanol–water partition coefficient (Wildman–Crippen LogP) is 0.924. The van der Waals surface area contributed by atoms with Crippen LogP contribution in [-0.4, -0.2) is 35.6 Å². The first kappa shape index (κ1) is 14.8. The van der Waals surface area contributed by atoms with E-state index in [2.05, 4.69) is 16.0 Å². The Bertz CT molecular complexity index is 587. The van der Waals surface area contributed by atoms with Gasteiger partial charge in [0.25, 0.3) is 0 Å². The van der Waals surface area contributed by atoms with Crippen LogP contribution < -0.4 is 16.0 Å². The van der Waals surface area contributed by atoms with E-state index in [1.165, 1.54) is 6.07 Å². The summed E-state index contributed by atoms with van der Waals surface area (Å²) in [6, 6.07) is 2.70. The van der Waals surface area contributed by atoms with Gasteiger partial charge in [-0.25, -0.2) is 14.0 Å². The van der Waals surface area contributed by atoms with Crippen LogP contribution in [0.15, 0.2) is 18.2 Å². The molecular formula is C13H14FN3O4. The summed E-state index contributed by atoms with van der Waals surface area (Å²) in [7, 11) is 0. The summed E-state index contributed by atoms with van der Waals surface area (Å²) in [5, 5.41) is 16.1. The Morgan fingerprint density at radius 2 is 2.00 bits per heavy atom. The fourth-order valence-corrected chi connectivity index (χ4v) is 1.61. The number of urea groups is 1. The van der Waals surface area contributed by atoms with Gasteiger partial charge in [0.2, 0.25) is 5.91 Å². The summed E-state index contributed by atoms with van der Waals surface area (Å²) < 4.78 is 13.2. The minimum atomic E-state index is -1.43. The van der Waals surface area contributed by atoms with E-state index in [4.69, 9.17) is 5.11 Å². The van der Waals surface area contributed by atoms with Crippen LogP contribution in [0.2, 0.25) is 0 Å². The quantitative estimate of drug-likeness (QED) is 0.648. The van der Waals surface area contributed by atoms with Gasteiger partial charge in [0, 0.05) is 11.7 Å². The maximum atomic E-state index is 13.2. The molecule has 1 fully saturated rings. The third-order valence-corrected chi connectivity index (χ3v) is 2.81. The number of carboxylic acid groups (broad SMARTS) is 1. The molecular weight excluding hydrogens is 281 g/mol. The summed E-state index contributed by atoms with van der Waals surface area (Å²) in [5.41, 5.74) is -0.423. The standard InChI is InChI=1S/C13H14FN3O4/c14-10-4-3-8(5-9(10)12(19)20)17-13(21)15-6-11(18)16-7-1-2-7/h3-5,7H,1-2,6H2,(H,16,18)(H,19,20)(H2,15,17,21). The first-order chi connectivity index (χ1) is 9.95. The maximum absolute atomic E-state index is 13.2. The van der Waals surface area contributed by atoms with E-state index in [9.17, 15) is 18.8 Å². The molecule has 1 aromatic rings. The zero-order chi connectivity index (χ0) is 15.4. The van der Waals surface area contributed by atoms with Crippen molar-refractivity contribution < 1.29 is 23.9 Å². The van der Waals surface area contributed by atoms with E-state index >= 15 is 0 Å². The fourth-order valence-electron chi connectivity index (χ4n) is 1.61. The number of carbonyl (C=O) groups excluding carboxylic acids is 2. The predicted molar refractivity (Wildman–Crippen MR) is 71.5 cm³/mol. The number of nitrogens with one attached hydrogen (secondary N) is 3. The number of benzene rings is 1. The number of rotatable bonds is 5. The van der Waals surface area contributed by atoms with Crippen LogP contribution in [0.25, 0.3) is 0 Å². The Morgan fingerprint density at radius 3 is 2.62 bits per heavy atom. The molecule has 0 heterocycles. The van der Waals surface area contributed by atoms with Gasteiger partial charge in [0.15, 0.2) is 0 Å². The molecule has 0 bridgehead atoms. The van der Waals surface area contributed by atoms with Gasteiger partial charge < -0.3 is 21.1 Å². The van der Waals surface area contributed by atoms with Gasteiger partial charge in [0.05, 0.1) is 12.1 Å². The molecule has 0 aromatic heterocycles. The van der Waals surface area contributed by atoms with Crippen LogP contribution in [0.3, 0.4) is 0 Å². The van der Waals surface area contributed by atoms with Gasteiger partial charge in [-0.15, -0.1) is 0 Å². The summed E-state index contributed by atoms with van der Waals surface area (Å²) in [4.78, 5) is 33.7. The van der Waals surface area contributed by atoms with Crippen LogP contribution in [0, 0.1) is 5.82 Å². The molecule has 0 aliphatic heterocycles. The molecule has 1 aliphatic carbocycles. The van der Waals surface area contributed by atoms with E-state index < -0.39 is 23.4 Å². The smallest absolute Gasteiger partial charge is 0.338 e. The van der Waals surface area contributed by atoms with E-state index in [1.54, 1.807) is 0 Å². The van der Waals surface area contributed by atoms with E-state index in [0.29, 0.717) is 0 Å². The van der Waals surface area contributed by atoms with Crippen molar-refractivity contribution in [1.29, 1.82) is 0 Å². The van der Waals surface area contributed by atoms with Crippen molar-refractivity contribution in [3.63, 3.8) is 0 Å². The number of hydrogen-bond donors (Lipinski definition) is 4. The number of hydrogen-bond acceptors (Lipinski definition) is 3. The van der Waals surface area contributed by atoms with E-state index in [-0.39, 0.29) is 24.2 Å². The Kier molecular flexibility index (Phi) is 4.36. The van der Waals surface area contributed by atoms with Crippen LogP contribution in [0.1, 0.15) is 23.2 Å². The first-order valence-corrected chi connectivity index (χ1v) is 6.33. The average molecular weight is 295 g/mol. The summed E-state index contributed by atoms with van der Waals surface area (Å²) in [6.45, 7) is -0.185. The van der Waals surface area contributed by atoms with E-state index in [1.807, 2.05) is 0 Å². The second-order valence-electron chi connectivity index (χ2n) is 4.65. The molecule has 0 unspecified atom stereocenters. The molecule has 2 rings (SSSR count). The summed E-state index contributed by atoms with van der Waals surface area (Å²) >= 11 is 0. The first-order valence-electron chi connectivity index (χ1n) is 6.33. The molecule has 0 radical (unpaired) electrons. The second kappa shape index (κ2) is 6.21. The zero-order valence-electron chi connectivity index (χ0n) is 11.0. The molecule has 1 saturated carbocycles. The number of amides is 3. The highest BCUT2D eigenvalue weighted by molar-refractivity contribution is 5.94. The molecule has 0 atom stereocenters. The van der Waals surface area contributed by atoms with Gasteiger partial charge >= 0.3 is 12.0 Å². The van der Waals surface area contributed by atoms with Gasteiger partial charge in [-0.1, -0.05) is 0 Å². The Hall–Kier alpha value is -2.64. The third-order valence-electron chi connectivity index (χ3n) is 2.81. The van der Waals surface area contributed by atoms with Gasteiger partial charge in [-0.2, -0.15) is 0 Å². The average Bonchev–Trinajstić information content (AvgIpc) is 3.22. The van der Waals surface area contributed by atoms with Gasteiger partial charge in [0.1, 0.15) is 5.82 Å². The van der Waals surface area contributed by atoms with Crippen molar-refractivity contribution in [2.75, 3.05) is 11.9 Å². The highest BCUT2D eigenvalue weighted by Crippen LogP contribution is 2.18. The molecule has 1 aromatic carbocycles. The lowest BCUT2D eigenvalue weighted by atomic mass is 10.2. The second-order valence-corrected chi connectivity index (χ2v) is 4.65. The minimum Gasteiger partial charge on any atom is -0.478 e. The molecule has 112 valence electrons. The topological polar surface area (TPSA) is 108 Å². The molecule has 0 saturated heterocycles. The lowest BCUT2D eigenvalue weighted by Crippen LogP contribution is -2.39. The van der Waals surface area contributed by atoms with Crippen molar-refractivity contribution in [2.24, 2.45) is 0 Å². The third kappa shape index (κ3) is 4.44. The largest absolute Gasteiger partial charge is 0.478 e. The van der Waals surface area contributed by atoms with Crippen LogP contribution in [0.5, 0.6) is 0 Å². The Morgan fingerprint density at radius 1 is 1.29 bits per heavy atom. The molecule has 0 spiro atoms. The van der Waals surface area contributed by atoms with Crippen molar-refractivity contribution in [2.45, 2.75) is 18.9 Å². The zero-order valence-corrected chi connectivity index (χ0v) is 11.0. The highest BCUT2D eigenvalue weighted by Gasteiger charge is 2.23. The molecule has 1 aliphatic rings. The molecule has 3 amide bonds. The SMILES string of the molecule is O=C(CNC(=O)Nc1ccc(F)c(C(=O)O)c1)NC1CC1. The van der Waals surface area contributed by atoms with Crippen molar-refractivity contribution in [3.8, 4) is 0 Å². The molecule has 21 heavy (non-hydrogen) atoms. The number of carbonyl (C=O) groups is 3. The lowest BCUT2D eigenvalue weighted by molar-refractivity contribution is -0.120. The van der Waals surface area contributed by atoms with E-state index in [0.717, 1.165) is 25.0 Å². The maximum Gasteiger partial charge on any atom is 0.338 e. The fraction of sp³-hybridized carbons (Fsp3) is 0.308. The normalized spacial score (nSPS) is 13.4. The van der Waals surface area contributed by atoms with Crippen molar-refractivity contribution in [3.05, 3.63) is 29.6 Å².